The van der Waals surface area contributed by atoms with Crippen LogP contribution in [0.5, 0.6) is 0 Å². The molecule has 0 heteroatoms. The van der Waals surface area contributed by atoms with Crippen molar-refractivity contribution in [3.05, 3.63) is 12.8 Å². The lowest BCUT2D eigenvalue weighted by Crippen LogP contribution is -2.16. The molecule has 0 aromatic heterocycles. The van der Waals surface area contributed by atoms with Gasteiger partial charge in [-0.05, 0) is 5.92 Å². The molecule has 3 aliphatic carbocycles. The van der Waals surface area contributed by atoms with Crippen LogP contribution in [0, 0.1) is 36.5 Å². The summed E-state index contributed by atoms with van der Waals surface area (Å²) < 4.78 is 0. The zero-order valence-electron chi connectivity index (χ0n) is 4.17. The highest BCUT2D eigenvalue weighted by Gasteiger charge is 2.72. The monoisotopic (exact) mass is 92.1 g/mol. The maximum atomic E-state index is 2.51. The smallest absolute Gasteiger partial charge is 0.0188 e. The highest BCUT2D eigenvalue weighted by molar-refractivity contribution is 5.29. The molecule has 0 heterocycles. The third-order valence-electron chi connectivity index (χ3n) is 2.86. The summed E-state index contributed by atoms with van der Waals surface area (Å²) in [5, 5.41) is 0. The molecule has 3 aliphatic rings. The summed E-state index contributed by atoms with van der Waals surface area (Å²) >= 11 is 0. The Morgan fingerprint density at radius 3 is 2.71 bits per heavy atom. The van der Waals surface area contributed by atoms with Crippen molar-refractivity contribution in [3.8, 4) is 0 Å². The Morgan fingerprint density at radius 2 is 2.57 bits per heavy atom. The molecule has 0 nitrogen and oxygen atoms in total. The highest BCUT2D eigenvalue weighted by Crippen LogP contribution is 2.71. The van der Waals surface area contributed by atoms with Crippen LogP contribution in [0.4, 0.5) is 0 Å². The average Bonchev–Trinajstić information content (AvgIpc) is 2.02. The second-order valence-electron chi connectivity index (χ2n) is 3.06. The lowest BCUT2D eigenvalue weighted by atomic mass is 9.82. The minimum atomic E-state index is 0.981. The minimum Gasteiger partial charge on any atom is -0.0188 e. The van der Waals surface area contributed by atoms with Gasteiger partial charge in [0.2, 0.25) is 0 Å². The van der Waals surface area contributed by atoms with Crippen LogP contribution in [0.25, 0.3) is 0 Å². The van der Waals surface area contributed by atoms with Gasteiger partial charge in [0.25, 0.3) is 0 Å². The second-order valence-corrected chi connectivity index (χ2v) is 3.06. The van der Waals surface area contributed by atoms with Crippen LogP contribution in [-0.4, -0.2) is 0 Å². The molecular formula is C7H8+. The third-order valence-corrected chi connectivity index (χ3v) is 2.86. The molecule has 3 saturated carbocycles. The van der Waals surface area contributed by atoms with Gasteiger partial charge in [-0.25, -0.2) is 0 Å². The molecule has 0 saturated heterocycles. The van der Waals surface area contributed by atoms with Crippen molar-refractivity contribution < 1.29 is 0 Å². The van der Waals surface area contributed by atoms with E-state index in [1.54, 1.807) is 0 Å². The molecule has 0 aromatic carbocycles. The second kappa shape index (κ2) is 0.630. The molecule has 35 valence electrons. The Balaban J connectivity index is 2.07. The summed E-state index contributed by atoms with van der Waals surface area (Å²) in [5.41, 5.74) is 0. The Kier molecular flexibility index (Phi) is 0.271. The minimum absolute atomic E-state index is 0.981. The van der Waals surface area contributed by atoms with Crippen LogP contribution >= 0.6 is 0 Å². The van der Waals surface area contributed by atoms with Crippen molar-refractivity contribution in [1.29, 1.82) is 0 Å². The van der Waals surface area contributed by atoms with Crippen LogP contribution in [-0.2, 0) is 0 Å². The zero-order chi connectivity index (χ0) is 4.43. The quantitative estimate of drug-likeness (QED) is 0.395. The molecule has 0 aromatic rings. The third kappa shape index (κ3) is 0.168. The van der Waals surface area contributed by atoms with E-state index in [1.807, 2.05) is 0 Å². The van der Waals surface area contributed by atoms with E-state index in [0.29, 0.717) is 0 Å². The summed E-state index contributed by atoms with van der Waals surface area (Å²) in [6.07, 6.45) is 6.44. The van der Waals surface area contributed by atoms with E-state index in [-0.39, 0.29) is 0 Å². The lowest BCUT2D eigenvalue weighted by molar-refractivity contribution is 0.455. The topological polar surface area (TPSA) is 0 Å². The van der Waals surface area contributed by atoms with Gasteiger partial charge in [0.1, 0.15) is 5.92 Å². The molecule has 4 atom stereocenters. The van der Waals surface area contributed by atoms with Gasteiger partial charge in [0.05, 0.1) is 12.8 Å². The molecule has 3 fully saturated rings. The van der Waals surface area contributed by atoms with Gasteiger partial charge < -0.3 is 0 Å². The Bertz CT molecular complexity index is 104. The normalized spacial score (nSPS) is 70.9. The van der Waals surface area contributed by atoms with Crippen molar-refractivity contribution in [2.45, 2.75) is 6.42 Å². The molecule has 4 unspecified atom stereocenters. The first-order valence-corrected chi connectivity index (χ1v) is 3.15. The first-order valence-electron chi connectivity index (χ1n) is 3.15. The number of fused-ring (bicyclic) bond motifs is 1. The number of rotatable bonds is 0. The summed E-state index contributed by atoms with van der Waals surface area (Å²) in [4.78, 5) is 0. The van der Waals surface area contributed by atoms with E-state index < -0.39 is 0 Å². The maximum absolute atomic E-state index is 2.51. The van der Waals surface area contributed by atoms with E-state index in [4.69, 9.17) is 0 Å². The molecule has 7 heavy (non-hydrogen) atoms. The van der Waals surface area contributed by atoms with E-state index in [9.17, 15) is 0 Å². The molecule has 1 radical (unpaired) electrons. The van der Waals surface area contributed by atoms with Crippen molar-refractivity contribution in [3.63, 3.8) is 0 Å². The van der Waals surface area contributed by atoms with Crippen LogP contribution in [0.15, 0.2) is 0 Å². The molecule has 0 aliphatic heterocycles. The fourth-order valence-corrected chi connectivity index (χ4v) is 2.34. The van der Waals surface area contributed by atoms with Gasteiger partial charge in [-0.3, -0.25) is 0 Å². The van der Waals surface area contributed by atoms with Crippen LogP contribution in [0.1, 0.15) is 6.42 Å². The average molecular weight is 92.1 g/mol. The molecule has 0 N–H and O–H groups in total. The van der Waals surface area contributed by atoms with Crippen molar-refractivity contribution in [2.75, 3.05) is 0 Å². The number of hydrogen-bond donors (Lipinski definition) is 0. The standard InChI is InChI=1S/C7H8/c1-2-5-6-3-4(1)7(5)6/h1,3-7H,2H2/q+1. The van der Waals surface area contributed by atoms with Gasteiger partial charge in [-0.2, -0.15) is 0 Å². The predicted molar refractivity (Wildman–Crippen MR) is 27.2 cm³/mol. The Labute approximate surface area is 43.9 Å². The summed E-state index contributed by atoms with van der Waals surface area (Å²) in [5.74, 6) is 4.40. The fourth-order valence-electron chi connectivity index (χ4n) is 2.34. The summed E-state index contributed by atoms with van der Waals surface area (Å²) in [6.45, 7) is 0. The van der Waals surface area contributed by atoms with E-state index in [0.717, 1.165) is 17.8 Å². The van der Waals surface area contributed by atoms with Gasteiger partial charge >= 0.3 is 0 Å². The summed E-state index contributed by atoms with van der Waals surface area (Å²) in [7, 11) is 0. The van der Waals surface area contributed by atoms with Gasteiger partial charge in [-0.1, -0.05) is 0 Å². The zero-order valence-corrected chi connectivity index (χ0v) is 4.17. The van der Waals surface area contributed by atoms with E-state index in [1.165, 1.54) is 12.3 Å². The Morgan fingerprint density at radius 1 is 1.57 bits per heavy atom. The first kappa shape index (κ1) is 3.01. The Hall–Kier alpha value is -0.130. The molecule has 0 bridgehead atoms. The van der Waals surface area contributed by atoms with Gasteiger partial charge in [0, 0.05) is 18.3 Å². The van der Waals surface area contributed by atoms with Crippen molar-refractivity contribution >= 4 is 0 Å². The van der Waals surface area contributed by atoms with E-state index >= 15 is 0 Å². The van der Waals surface area contributed by atoms with Crippen LogP contribution in [0.2, 0.25) is 0 Å². The molecule has 3 rings (SSSR count). The predicted octanol–water partition coefficient (Wildman–Crippen LogP) is 1.29. The molecular weight excluding hydrogens is 84.1 g/mol. The largest absolute Gasteiger partial charge is 0.105 e. The SMILES string of the molecule is [CH]1C2[CH+]CC3C1C23. The van der Waals surface area contributed by atoms with Crippen molar-refractivity contribution in [1.82, 2.24) is 0 Å². The van der Waals surface area contributed by atoms with Gasteiger partial charge in [-0.15, -0.1) is 0 Å². The highest BCUT2D eigenvalue weighted by atomic mass is 14.7. The maximum Gasteiger partial charge on any atom is 0.105 e. The fraction of sp³-hybridized carbons (Fsp3) is 0.714. The first-order chi connectivity index (χ1) is 3.47. The van der Waals surface area contributed by atoms with Crippen LogP contribution < -0.4 is 0 Å². The van der Waals surface area contributed by atoms with Crippen LogP contribution in [0.3, 0.4) is 0 Å². The van der Waals surface area contributed by atoms with Crippen molar-refractivity contribution in [2.24, 2.45) is 23.7 Å². The lowest BCUT2D eigenvalue weighted by Gasteiger charge is -2.14. The molecule has 0 spiro atoms. The van der Waals surface area contributed by atoms with E-state index in [2.05, 4.69) is 12.8 Å². The van der Waals surface area contributed by atoms with Gasteiger partial charge in [0.15, 0.2) is 0 Å². The summed E-state index contributed by atoms with van der Waals surface area (Å²) in [6, 6.07) is 0. The molecule has 0 amide bonds. The number of hydrogen-bond acceptors (Lipinski definition) is 0.